The van der Waals surface area contributed by atoms with Gasteiger partial charge < -0.3 is 15.0 Å². The predicted octanol–water partition coefficient (Wildman–Crippen LogP) is 2.40. The summed E-state index contributed by atoms with van der Waals surface area (Å²) in [5.41, 5.74) is 1.55. The molecule has 8 heteroatoms. The van der Waals surface area contributed by atoms with Crippen LogP contribution in [0.25, 0.3) is 0 Å². The molecule has 0 spiro atoms. The highest BCUT2D eigenvalue weighted by Gasteiger charge is 2.30. The van der Waals surface area contributed by atoms with Crippen LogP contribution in [0, 0.1) is 24.1 Å². The Bertz CT molecular complexity index is 970. The van der Waals surface area contributed by atoms with Crippen molar-refractivity contribution in [2.75, 3.05) is 19.0 Å². The lowest BCUT2D eigenvalue weighted by molar-refractivity contribution is -0.128. The van der Waals surface area contributed by atoms with E-state index in [1.165, 1.54) is 25.3 Å². The van der Waals surface area contributed by atoms with Crippen LogP contribution in [0.5, 0.6) is 0 Å². The van der Waals surface area contributed by atoms with Gasteiger partial charge in [-0.05, 0) is 30.7 Å². The summed E-state index contributed by atoms with van der Waals surface area (Å²) in [6.07, 6.45) is 0.236. The van der Waals surface area contributed by atoms with Gasteiger partial charge in [0.15, 0.2) is 0 Å². The van der Waals surface area contributed by atoms with E-state index in [0.717, 1.165) is 0 Å². The van der Waals surface area contributed by atoms with Crippen molar-refractivity contribution >= 4 is 17.7 Å². The zero-order chi connectivity index (χ0) is 20.3. The molecule has 0 aliphatic carbocycles. The van der Waals surface area contributed by atoms with Crippen molar-refractivity contribution in [1.82, 2.24) is 9.88 Å². The van der Waals surface area contributed by atoms with Crippen LogP contribution in [0.2, 0.25) is 0 Å². The van der Waals surface area contributed by atoms with Crippen LogP contribution in [0.4, 0.5) is 10.2 Å². The highest BCUT2D eigenvalue weighted by Crippen LogP contribution is 2.22. The number of benzene rings is 1. The van der Waals surface area contributed by atoms with Crippen LogP contribution in [0.15, 0.2) is 30.3 Å². The van der Waals surface area contributed by atoms with Crippen molar-refractivity contribution in [2.45, 2.75) is 25.9 Å². The molecule has 1 atom stereocenters. The number of halogens is 1. The Morgan fingerprint density at radius 3 is 2.93 bits per heavy atom. The predicted molar refractivity (Wildman–Crippen MR) is 98.9 cm³/mol. The highest BCUT2D eigenvalue weighted by atomic mass is 19.1. The first-order valence-corrected chi connectivity index (χ1v) is 8.70. The van der Waals surface area contributed by atoms with Gasteiger partial charge in [-0.25, -0.2) is 14.2 Å². The van der Waals surface area contributed by atoms with E-state index in [-0.39, 0.29) is 35.3 Å². The Kier molecular flexibility index (Phi) is 5.54. The summed E-state index contributed by atoms with van der Waals surface area (Å²) in [6, 6.07) is 9.32. The maximum absolute atomic E-state index is 13.4. The van der Waals surface area contributed by atoms with Crippen molar-refractivity contribution < 1.29 is 18.7 Å². The minimum Gasteiger partial charge on any atom is -0.465 e. The molecule has 7 nitrogen and oxygen atoms in total. The number of amides is 1. The summed E-state index contributed by atoms with van der Waals surface area (Å²) in [5.74, 6) is -0.658. The number of nitrogens with one attached hydrogen (secondary N) is 1. The Hall–Kier alpha value is -3.47. The molecule has 1 fully saturated rings. The monoisotopic (exact) mass is 382 g/mol. The summed E-state index contributed by atoms with van der Waals surface area (Å²) < 4.78 is 18.0. The highest BCUT2D eigenvalue weighted by molar-refractivity contribution is 5.91. The lowest BCUT2D eigenvalue weighted by Gasteiger charge is -2.18. The van der Waals surface area contributed by atoms with E-state index in [4.69, 9.17) is 4.74 Å². The molecule has 1 amide bonds. The van der Waals surface area contributed by atoms with Gasteiger partial charge in [-0.15, -0.1) is 0 Å². The number of nitriles is 1. The van der Waals surface area contributed by atoms with Crippen molar-refractivity contribution in [2.24, 2.45) is 0 Å². The number of likely N-dealkylation sites (tertiary alicyclic amines) is 1. The molecule has 2 aromatic rings. The molecule has 1 saturated heterocycles. The summed E-state index contributed by atoms with van der Waals surface area (Å²) in [5, 5.41) is 12.5. The normalized spacial score (nSPS) is 16.0. The van der Waals surface area contributed by atoms with Gasteiger partial charge in [-0.3, -0.25) is 4.79 Å². The van der Waals surface area contributed by atoms with Crippen molar-refractivity contribution in [1.29, 1.82) is 5.26 Å². The lowest BCUT2D eigenvalue weighted by atomic mass is 10.1. The van der Waals surface area contributed by atoms with Gasteiger partial charge in [0.1, 0.15) is 17.7 Å². The third-order valence-electron chi connectivity index (χ3n) is 4.56. The molecule has 0 saturated carbocycles. The van der Waals surface area contributed by atoms with Gasteiger partial charge in [0.05, 0.1) is 30.0 Å². The second kappa shape index (κ2) is 8.05. The number of carbonyl (C=O) groups is 2. The van der Waals surface area contributed by atoms with Gasteiger partial charge in [-0.2, -0.15) is 5.26 Å². The topological polar surface area (TPSA) is 95.3 Å². The van der Waals surface area contributed by atoms with E-state index in [2.05, 4.69) is 10.3 Å². The number of methoxy groups -OCH3 is 1. The summed E-state index contributed by atoms with van der Waals surface area (Å²) >= 11 is 0. The largest absolute Gasteiger partial charge is 0.465 e. The number of carbonyl (C=O) groups excluding carboxylic acids is 2. The van der Waals surface area contributed by atoms with Crippen LogP contribution in [0.3, 0.4) is 0 Å². The van der Waals surface area contributed by atoms with E-state index in [9.17, 15) is 19.2 Å². The van der Waals surface area contributed by atoms with E-state index < -0.39 is 5.97 Å². The van der Waals surface area contributed by atoms with E-state index in [1.54, 1.807) is 24.0 Å². The molecule has 28 heavy (non-hydrogen) atoms. The number of pyridine rings is 1. The second-order valence-electron chi connectivity index (χ2n) is 6.57. The quantitative estimate of drug-likeness (QED) is 0.798. The Morgan fingerprint density at radius 2 is 2.25 bits per heavy atom. The van der Waals surface area contributed by atoms with Crippen LogP contribution < -0.4 is 5.32 Å². The number of aryl methyl sites for hydroxylation is 1. The lowest BCUT2D eigenvalue weighted by Crippen LogP contribution is -2.28. The zero-order valence-corrected chi connectivity index (χ0v) is 15.5. The zero-order valence-electron chi connectivity index (χ0n) is 15.5. The summed E-state index contributed by atoms with van der Waals surface area (Å²) in [7, 11) is 1.26. The molecule has 1 N–H and O–H groups in total. The molecule has 0 radical (unpaired) electrons. The van der Waals surface area contributed by atoms with Crippen molar-refractivity contribution in [3.05, 3.63) is 58.5 Å². The molecule has 144 valence electrons. The molecular weight excluding hydrogens is 363 g/mol. The number of hydrogen-bond acceptors (Lipinski definition) is 6. The van der Waals surface area contributed by atoms with E-state index in [0.29, 0.717) is 30.2 Å². The average Bonchev–Trinajstić information content (AvgIpc) is 3.00. The molecule has 3 rings (SSSR count). The van der Waals surface area contributed by atoms with Gasteiger partial charge >= 0.3 is 5.97 Å². The van der Waals surface area contributed by atoms with E-state index in [1.807, 2.05) is 6.07 Å². The number of ether oxygens (including phenoxy) is 1. The minimum atomic E-state index is -0.564. The Balaban J connectivity index is 1.74. The second-order valence-corrected chi connectivity index (χ2v) is 6.57. The van der Waals surface area contributed by atoms with E-state index >= 15 is 0 Å². The SMILES string of the molecule is COC(=O)c1cc(C#N)c(N[C@@H]2CC(=O)N(Cc3cccc(F)c3)C2)nc1C. The van der Waals surface area contributed by atoms with Gasteiger partial charge in [0.25, 0.3) is 0 Å². The maximum Gasteiger partial charge on any atom is 0.339 e. The fourth-order valence-electron chi connectivity index (χ4n) is 3.19. The first-order valence-electron chi connectivity index (χ1n) is 8.70. The van der Waals surface area contributed by atoms with Crippen LogP contribution in [-0.2, 0) is 16.1 Å². The third-order valence-corrected chi connectivity index (χ3v) is 4.56. The van der Waals surface area contributed by atoms with Crippen molar-refractivity contribution in [3.8, 4) is 6.07 Å². The molecule has 2 heterocycles. The van der Waals surface area contributed by atoms with Crippen LogP contribution in [-0.4, -0.2) is 41.5 Å². The molecule has 1 aromatic heterocycles. The fraction of sp³-hybridized carbons (Fsp3) is 0.300. The Labute approximate surface area is 161 Å². The summed E-state index contributed by atoms with van der Waals surface area (Å²) in [6.45, 7) is 2.36. The standard InChI is InChI=1S/C20H19FN4O3/c1-12-17(20(27)28-2)7-14(9-22)19(23-12)24-16-8-18(26)25(11-16)10-13-4-3-5-15(21)6-13/h3-7,16H,8,10-11H2,1-2H3,(H,23,24)/t16-/m1/s1. The number of hydrogen-bond donors (Lipinski definition) is 1. The molecule has 1 aromatic carbocycles. The minimum absolute atomic E-state index is 0.0665. The molecule has 0 unspecified atom stereocenters. The van der Waals surface area contributed by atoms with Crippen LogP contribution >= 0.6 is 0 Å². The number of aromatic nitrogens is 1. The van der Waals surface area contributed by atoms with Gasteiger partial charge in [0, 0.05) is 19.5 Å². The number of esters is 1. The van der Waals surface area contributed by atoms with Gasteiger partial charge in [-0.1, -0.05) is 12.1 Å². The average molecular weight is 382 g/mol. The smallest absolute Gasteiger partial charge is 0.339 e. The van der Waals surface area contributed by atoms with Crippen molar-refractivity contribution in [3.63, 3.8) is 0 Å². The maximum atomic E-state index is 13.4. The van der Waals surface area contributed by atoms with Gasteiger partial charge in [0.2, 0.25) is 5.91 Å². The fourth-order valence-corrected chi connectivity index (χ4v) is 3.19. The molecule has 0 bridgehead atoms. The number of nitrogens with zero attached hydrogens (tertiary/aromatic N) is 3. The number of anilines is 1. The molecule has 1 aliphatic heterocycles. The third kappa shape index (κ3) is 4.09. The summed E-state index contributed by atoms with van der Waals surface area (Å²) in [4.78, 5) is 30.0. The Morgan fingerprint density at radius 1 is 1.46 bits per heavy atom. The first kappa shape index (κ1) is 19.3. The molecule has 1 aliphatic rings. The van der Waals surface area contributed by atoms with Crippen LogP contribution in [0.1, 0.15) is 33.6 Å². The number of rotatable bonds is 5. The first-order chi connectivity index (χ1) is 13.4. The molecular formula is C20H19FN4O3.